The molecule has 0 radical (unpaired) electrons. The van der Waals surface area contributed by atoms with E-state index in [1.807, 2.05) is 0 Å². The number of unbranched alkanes of at least 4 members (excludes halogenated alkanes) is 2. The van der Waals surface area contributed by atoms with Crippen LogP contribution in [-0.4, -0.2) is 151 Å². The number of halogens is 2. The van der Waals surface area contributed by atoms with Gasteiger partial charge in [-0.2, -0.15) is 0 Å². The van der Waals surface area contributed by atoms with E-state index in [9.17, 15) is 51.1 Å². The van der Waals surface area contributed by atoms with Crippen LogP contribution in [0.4, 0.5) is 0 Å². The maximum absolute atomic E-state index is 11.9. The van der Waals surface area contributed by atoms with E-state index in [2.05, 4.69) is 13.8 Å². The molecule has 2 aromatic rings. The number of phenolic OH excluding ortho intramolecular Hbond substituents is 2. The van der Waals surface area contributed by atoms with Crippen molar-refractivity contribution >= 4 is 23.2 Å². The molecule has 6 aliphatic rings. The molecule has 18 heteroatoms. The second-order valence-corrected chi connectivity index (χ2v) is 19.4. The van der Waals surface area contributed by atoms with E-state index >= 15 is 0 Å². The zero-order valence-corrected chi connectivity index (χ0v) is 40.1. The third kappa shape index (κ3) is 13.5. The van der Waals surface area contributed by atoms with Gasteiger partial charge < -0.3 is 79.5 Å². The SMILES string of the molecule is CCCCC1CCCC(Cl)CC(OC)c2cc(O)c(c(OC3OC(CO)C(O)C(O)C3O)c2)C(CCCC)CCCC(Cl)CC(OC)c2cc(O)c1c(OC1OC(CO)C(O)C(O)C1O)c2. The summed E-state index contributed by atoms with van der Waals surface area (Å²) in [7, 11) is 3.07. The Morgan fingerprint density at radius 1 is 0.561 bits per heavy atom. The number of aliphatic hydroxyl groups is 8. The number of alkyl halides is 2. The molecular formula is C48H74Cl2O16. The number of methoxy groups -OCH3 is 2. The van der Waals surface area contributed by atoms with Gasteiger partial charge in [0.2, 0.25) is 12.6 Å². The Morgan fingerprint density at radius 3 is 1.27 bits per heavy atom. The Morgan fingerprint density at radius 2 is 0.939 bits per heavy atom. The van der Waals surface area contributed by atoms with Gasteiger partial charge in [-0.15, -0.1) is 23.2 Å². The van der Waals surface area contributed by atoms with E-state index in [1.165, 1.54) is 14.2 Å². The maximum Gasteiger partial charge on any atom is 0.229 e. The Hall–Kier alpha value is -2.26. The number of aromatic hydroxyl groups is 2. The summed E-state index contributed by atoms with van der Waals surface area (Å²) in [4.78, 5) is 0. The molecule has 0 amide bonds. The average molecular weight is 978 g/mol. The van der Waals surface area contributed by atoms with Crippen molar-refractivity contribution in [1.82, 2.24) is 0 Å². The van der Waals surface area contributed by atoms with E-state index in [-0.39, 0.29) is 34.8 Å². The number of aliphatic hydroxyl groups excluding tert-OH is 8. The van der Waals surface area contributed by atoms with Gasteiger partial charge in [-0.25, -0.2) is 0 Å². The molecule has 2 saturated heterocycles. The van der Waals surface area contributed by atoms with Gasteiger partial charge in [-0.1, -0.05) is 52.4 Å². The number of rotatable bonds is 14. The summed E-state index contributed by atoms with van der Waals surface area (Å²) in [5, 5.41) is 107. The van der Waals surface area contributed by atoms with Crippen LogP contribution in [0, 0.1) is 0 Å². The van der Waals surface area contributed by atoms with Crippen molar-refractivity contribution in [1.29, 1.82) is 0 Å². The fourth-order valence-electron chi connectivity index (χ4n) is 9.61. The molecule has 2 heterocycles. The van der Waals surface area contributed by atoms with Crippen molar-refractivity contribution in [3.05, 3.63) is 46.5 Å². The molecule has 2 aliphatic heterocycles. The van der Waals surface area contributed by atoms with Gasteiger partial charge in [0.25, 0.3) is 0 Å². The molecule has 376 valence electrons. The average Bonchev–Trinajstić information content (AvgIpc) is 3.29. The minimum absolute atomic E-state index is 0.0614. The summed E-state index contributed by atoms with van der Waals surface area (Å²) in [6.07, 6.45) is -7.97. The zero-order chi connectivity index (χ0) is 48.2. The molecule has 0 aromatic heterocycles. The summed E-state index contributed by atoms with van der Waals surface area (Å²) >= 11 is 14.2. The van der Waals surface area contributed by atoms with Crippen molar-refractivity contribution in [2.24, 2.45) is 0 Å². The Bertz CT molecular complexity index is 1650. The van der Waals surface area contributed by atoms with Gasteiger partial charge in [-0.3, -0.25) is 0 Å². The first-order valence-electron chi connectivity index (χ1n) is 23.6. The van der Waals surface area contributed by atoms with E-state index in [0.29, 0.717) is 86.5 Å². The first-order chi connectivity index (χ1) is 31.6. The van der Waals surface area contributed by atoms with Gasteiger partial charge in [-0.05, 0) is 98.6 Å². The number of hydrogen-bond donors (Lipinski definition) is 10. The van der Waals surface area contributed by atoms with Crippen molar-refractivity contribution in [2.75, 3.05) is 27.4 Å². The monoisotopic (exact) mass is 976 g/mol. The van der Waals surface area contributed by atoms with Crippen molar-refractivity contribution in [3.8, 4) is 23.0 Å². The van der Waals surface area contributed by atoms with Crippen LogP contribution in [0.5, 0.6) is 23.0 Å². The van der Waals surface area contributed by atoms with Crippen LogP contribution in [0.25, 0.3) is 0 Å². The highest BCUT2D eigenvalue weighted by Gasteiger charge is 2.47. The Labute approximate surface area is 398 Å². The van der Waals surface area contributed by atoms with E-state index in [0.717, 1.165) is 25.7 Å². The quantitative estimate of drug-likeness (QED) is 0.106. The third-order valence-corrected chi connectivity index (χ3v) is 14.3. The van der Waals surface area contributed by atoms with Crippen LogP contribution in [-0.2, 0) is 18.9 Å². The molecule has 66 heavy (non-hydrogen) atoms. The van der Waals surface area contributed by atoms with E-state index < -0.39 is 97.6 Å². The highest BCUT2D eigenvalue weighted by atomic mass is 35.5. The predicted molar refractivity (Wildman–Crippen MR) is 245 cm³/mol. The largest absolute Gasteiger partial charge is 0.508 e. The molecule has 0 saturated carbocycles. The summed E-state index contributed by atoms with van der Waals surface area (Å²) in [6.45, 7) is 2.84. The molecule has 4 bridgehead atoms. The van der Waals surface area contributed by atoms with Gasteiger partial charge in [0, 0.05) is 36.1 Å². The lowest BCUT2D eigenvalue weighted by Gasteiger charge is -2.40. The molecule has 2 fully saturated rings. The van der Waals surface area contributed by atoms with Crippen LogP contribution in [0.15, 0.2) is 24.3 Å². The third-order valence-electron chi connectivity index (χ3n) is 13.5. The lowest BCUT2D eigenvalue weighted by molar-refractivity contribution is -0.277. The fraction of sp³-hybridized carbons (Fsp3) is 0.750. The van der Waals surface area contributed by atoms with Crippen LogP contribution < -0.4 is 9.47 Å². The molecule has 16 unspecified atom stereocenters. The minimum Gasteiger partial charge on any atom is -0.508 e. The molecule has 0 spiro atoms. The minimum atomic E-state index is -1.69. The molecule has 16 atom stereocenters. The first-order valence-corrected chi connectivity index (χ1v) is 24.5. The van der Waals surface area contributed by atoms with Gasteiger partial charge in [0.15, 0.2) is 0 Å². The number of ether oxygens (including phenoxy) is 6. The maximum atomic E-state index is 11.9. The predicted octanol–water partition coefficient (Wildman–Crippen LogP) is 5.43. The van der Waals surface area contributed by atoms with Gasteiger partial charge in [0.1, 0.15) is 71.8 Å². The molecule has 10 N–H and O–H groups in total. The van der Waals surface area contributed by atoms with Crippen LogP contribution in [0.1, 0.15) is 150 Å². The van der Waals surface area contributed by atoms with Crippen LogP contribution in [0.3, 0.4) is 0 Å². The molecule has 2 aromatic carbocycles. The lowest BCUT2D eigenvalue weighted by atomic mass is 9.85. The Kier molecular flexibility index (Phi) is 21.6. The second-order valence-electron chi connectivity index (χ2n) is 18.2. The Balaban J connectivity index is 1.55. The van der Waals surface area contributed by atoms with Crippen LogP contribution >= 0.6 is 23.2 Å². The smallest absolute Gasteiger partial charge is 0.229 e. The number of benzene rings is 2. The summed E-state index contributed by atoms with van der Waals surface area (Å²) < 4.78 is 36.2. The molecule has 8 rings (SSSR count). The van der Waals surface area contributed by atoms with Crippen molar-refractivity contribution in [3.63, 3.8) is 0 Å². The van der Waals surface area contributed by atoms with Crippen molar-refractivity contribution in [2.45, 2.75) is 200 Å². The van der Waals surface area contributed by atoms with Gasteiger partial charge in [0.05, 0.1) is 25.4 Å². The standard InChI is InChI=1S/C48H74Cl2O16/c1-5-7-11-25-13-9-15-29(49)21-34(62-4)28-18-32(54)40(36(20-28)64-48-46(60)44(58)42(56)38(24-52)66-48)26(12-8-6-2)14-10-16-30(50)22-33(61-3)27-17-31(53)39(25)35(19-27)63-47-45(59)43(57)41(55)37(23-51)65-47/h17-20,25-26,29-30,33-34,37-38,41-48,51-60H,5-16,21-24H2,1-4H3. The fourth-order valence-corrected chi connectivity index (χ4v) is 10.2. The van der Waals surface area contributed by atoms with Crippen molar-refractivity contribution < 1.29 is 79.5 Å². The summed E-state index contributed by atoms with van der Waals surface area (Å²) in [5.41, 5.74) is 2.00. The summed E-state index contributed by atoms with van der Waals surface area (Å²) in [6, 6.07) is 6.71. The van der Waals surface area contributed by atoms with E-state index in [1.54, 1.807) is 24.3 Å². The molecule has 4 aliphatic carbocycles. The molecular weight excluding hydrogens is 903 g/mol. The summed E-state index contributed by atoms with van der Waals surface area (Å²) in [5.74, 6) is -0.282. The number of phenols is 2. The van der Waals surface area contributed by atoms with Crippen LogP contribution in [0.2, 0.25) is 0 Å². The zero-order valence-electron chi connectivity index (χ0n) is 38.5. The number of hydrogen-bond acceptors (Lipinski definition) is 16. The lowest BCUT2D eigenvalue weighted by Crippen LogP contribution is -2.60. The van der Waals surface area contributed by atoms with Gasteiger partial charge >= 0.3 is 0 Å². The normalized spacial score (nSPS) is 35.2. The second kappa shape index (κ2) is 26.1. The molecule has 16 nitrogen and oxygen atoms in total. The topological polar surface area (TPSA) is 258 Å². The highest BCUT2D eigenvalue weighted by molar-refractivity contribution is 6.20. The highest BCUT2D eigenvalue weighted by Crippen LogP contribution is 2.47. The van der Waals surface area contributed by atoms with E-state index in [4.69, 9.17) is 51.6 Å². The first kappa shape index (κ1) is 54.7.